The molecule has 196 valence electrons. The molecule has 2 aromatic heterocycles. The number of nitrogens with zero attached hydrogens (tertiary/aromatic N) is 4. The van der Waals surface area contributed by atoms with Crippen LogP contribution in [-0.4, -0.2) is 66.1 Å². The van der Waals surface area contributed by atoms with E-state index in [-0.39, 0.29) is 16.4 Å². The zero-order chi connectivity index (χ0) is 25.8. The van der Waals surface area contributed by atoms with Gasteiger partial charge in [0.25, 0.3) is 10.0 Å². The SMILES string of the molecule is Cn1cc(C(=N)c2cc([C@H]3CC[C@@H](N4CCCOCC4)CC3)cnc2NS(=O)(=O)c2ccccc2)cn1. The van der Waals surface area contributed by atoms with Crippen molar-refractivity contribution in [3.63, 3.8) is 0 Å². The van der Waals surface area contributed by atoms with E-state index in [0.29, 0.717) is 23.1 Å². The third-order valence-electron chi connectivity index (χ3n) is 7.40. The standard InChI is InChI=1S/C27H34N6O3S/c1-32-19-22(18-30-32)26(28)25-16-21(17-29-27(25)31-37(34,35)24-6-3-2-4-7-24)20-8-10-23(11-9-20)33-12-5-14-36-15-13-33/h2-4,6-7,16-20,23,28H,5,8-15H2,1H3,(H,29,31)/t20-,23+. The monoisotopic (exact) mass is 522 g/mol. The number of rotatable bonds is 7. The lowest BCUT2D eigenvalue weighted by atomic mass is 9.81. The number of aromatic nitrogens is 3. The van der Waals surface area contributed by atoms with E-state index < -0.39 is 10.0 Å². The summed E-state index contributed by atoms with van der Waals surface area (Å²) in [6, 6.07) is 10.7. The molecule has 2 N–H and O–H groups in total. The Kier molecular flexibility index (Phi) is 7.68. The molecule has 1 aliphatic heterocycles. The minimum absolute atomic E-state index is 0.150. The number of nitrogens with one attached hydrogen (secondary N) is 2. The maximum atomic E-state index is 13.1. The van der Waals surface area contributed by atoms with Gasteiger partial charge in [0.05, 0.1) is 23.4 Å². The molecule has 0 bridgehead atoms. The molecule has 1 aromatic carbocycles. The lowest BCUT2D eigenvalue weighted by Crippen LogP contribution is -2.39. The van der Waals surface area contributed by atoms with Crippen LogP contribution >= 0.6 is 0 Å². The highest BCUT2D eigenvalue weighted by Crippen LogP contribution is 2.36. The van der Waals surface area contributed by atoms with Gasteiger partial charge >= 0.3 is 0 Å². The van der Waals surface area contributed by atoms with E-state index in [0.717, 1.165) is 64.0 Å². The van der Waals surface area contributed by atoms with Gasteiger partial charge in [-0.1, -0.05) is 18.2 Å². The summed E-state index contributed by atoms with van der Waals surface area (Å²) in [7, 11) is -2.06. The minimum atomic E-state index is -3.85. The molecule has 0 amide bonds. The Labute approximate surface area is 218 Å². The van der Waals surface area contributed by atoms with Crippen LogP contribution in [0.15, 0.2) is 59.9 Å². The molecule has 0 spiro atoms. The van der Waals surface area contributed by atoms with Gasteiger partial charge < -0.3 is 4.74 Å². The molecule has 3 heterocycles. The molecule has 2 fully saturated rings. The quantitative estimate of drug-likeness (QED) is 0.457. The topological polar surface area (TPSA) is 113 Å². The van der Waals surface area contributed by atoms with Crippen molar-refractivity contribution in [2.45, 2.75) is 49.0 Å². The van der Waals surface area contributed by atoms with Gasteiger partial charge in [-0.05, 0) is 61.8 Å². The zero-order valence-electron chi connectivity index (χ0n) is 21.1. The molecule has 37 heavy (non-hydrogen) atoms. The Balaban J connectivity index is 1.39. The number of aryl methyl sites for hydroxylation is 1. The maximum Gasteiger partial charge on any atom is 0.263 e. The second-order valence-corrected chi connectivity index (χ2v) is 11.6. The summed E-state index contributed by atoms with van der Waals surface area (Å²) < 4.78 is 36.0. The molecule has 0 radical (unpaired) electrons. The summed E-state index contributed by atoms with van der Waals surface area (Å²) in [4.78, 5) is 7.28. The van der Waals surface area contributed by atoms with Crippen LogP contribution < -0.4 is 4.72 Å². The number of benzene rings is 1. The number of hydrogen-bond donors (Lipinski definition) is 2. The van der Waals surface area contributed by atoms with E-state index in [4.69, 9.17) is 10.1 Å². The summed E-state index contributed by atoms with van der Waals surface area (Å²) in [5.41, 5.74) is 2.29. The van der Waals surface area contributed by atoms with Crippen molar-refractivity contribution in [1.82, 2.24) is 19.7 Å². The Morgan fingerprint density at radius 2 is 1.86 bits per heavy atom. The van der Waals surface area contributed by atoms with Gasteiger partial charge in [-0.3, -0.25) is 19.7 Å². The van der Waals surface area contributed by atoms with E-state index in [9.17, 15) is 8.42 Å². The number of sulfonamides is 1. The average molecular weight is 523 g/mol. The second kappa shape index (κ2) is 11.1. The summed E-state index contributed by atoms with van der Waals surface area (Å²) >= 11 is 0. The van der Waals surface area contributed by atoms with E-state index in [1.807, 2.05) is 6.07 Å². The highest BCUT2D eigenvalue weighted by molar-refractivity contribution is 7.92. The van der Waals surface area contributed by atoms with Crippen molar-refractivity contribution in [2.24, 2.45) is 7.05 Å². The Morgan fingerprint density at radius 1 is 1.08 bits per heavy atom. The first-order valence-electron chi connectivity index (χ1n) is 12.9. The van der Waals surface area contributed by atoms with E-state index in [2.05, 4.69) is 19.7 Å². The fourth-order valence-electron chi connectivity index (χ4n) is 5.37. The normalized spacial score (nSPS) is 21.3. The fourth-order valence-corrected chi connectivity index (χ4v) is 6.42. The predicted octanol–water partition coefficient (Wildman–Crippen LogP) is 3.78. The molecule has 1 saturated heterocycles. The molecule has 0 unspecified atom stereocenters. The fraction of sp³-hybridized carbons (Fsp3) is 0.444. The molecule has 0 atom stereocenters. The Morgan fingerprint density at radius 3 is 2.59 bits per heavy atom. The first-order valence-corrected chi connectivity index (χ1v) is 14.4. The zero-order valence-corrected chi connectivity index (χ0v) is 22.0. The van der Waals surface area contributed by atoms with Gasteiger partial charge in [0.2, 0.25) is 0 Å². The van der Waals surface area contributed by atoms with E-state index in [1.54, 1.807) is 48.5 Å². The third-order valence-corrected chi connectivity index (χ3v) is 8.75. The first kappa shape index (κ1) is 25.6. The maximum absolute atomic E-state index is 13.1. The molecule has 3 aromatic rings. The van der Waals surface area contributed by atoms with E-state index >= 15 is 0 Å². The van der Waals surface area contributed by atoms with Gasteiger partial charge in [0, 0.05) is 56.3 Å². The molecule has 1 aliphatic carbocycles. The van der Waals surface area contributed by atoms with Crippen LogP contribution in [0.3, 0.4) is 0 Å². The van der Waals surface area contributed by atoms with Crippen LogP contribution in [0.2, 0.25) is 0 Å². The summed E-state index contributed by atoms with van der Waals surface area (Å²) in [6.45, 7) is 3.76. The summed E-state index contributed by atoms with van der Waals surface area (Å²) in [5, 5.41) is 13.1. The highest BCUT2D eigenvalue weighted by atomic mass is 32.2. The molecular formula is C27H34N6O3S. The first-order chi connectivity index (χ1) is 17.9. The van der Waals surface area contributed by atoms with Crippen LogP contribution in [0.4, 0.5) is 5.82 Å². The molecule has 2 aliphatic rings. The number of pyridine rings is 1. The van der Waals surface area contributed by atoms with Crippen LogP contribution in [-0.2, 0) is 21.8 Å². The molecule has 5 rings (SSSR count). The van der Waals surface area contributed by atoms with Crippen LogP contribution in [0, 0.1) is 5.41 Å². The lowest BCUT2D eigenvalue weighted by Gasteiger charge is -2.36. The van der Waals surface area contributed by atoms with Crippen LogP contribution in [0.25, 0.3) is 0 Å². The van der Waals surface area contributed by atoms with Crippen LogP contribution in [0.1, 0.15) is 54.7 Å². The van der Waals surface area contributed by atoms with Gasteiger partial charge in [-0.15, -0.1) is 0 Å². The average Bonchev–Trinajstić information content (AvgIpc) is 3.17. The Hall–Kier alpha value is -3.08. The van der Waals surface area contributed by atoms with Gasteiger partial charge in [0.1, 0.15) is 5.82 Å². The van der Waals surface area contributed by atoms with Crippen molar-refractivity contribution in [2.75, 3.05) is 31.0 Å². The summed E-state index contributed by atoms with van der Waals surface area (Å²) in [5.74, 6) is 0.479. The predicted molar refractivity (Wildman–Crippen MR) is 143 cm³/mol. The van der Waals surface area contributed by atoms with Gasteiger partial charge in [0.15, 0.2) is 0 Å². The summed E-state index contributed by atoms with van der Waals surface area (Å²) in [6.07, 6.45) is 10.5. The van der Waals surface area contributed by atoms with E-state index in [1.165, 1.54) is 12.1 Å². The molecular weight excluding hydrogens is 488 g/mol. The molecule has 1 saturated carbocycles. The van der Waals surface area contributed by atoms with Gasteiger partial charge in [-0.2, -0.15) is 5.10 Å². The van der Waals surface area contributed by atoms with Gasteiger partial charge in [-0.25, -0.2) is 13.4 Å². The van der Waals surface area contributed by atoms with Crippen molar-refractivity contribution in [3.8, 4) is 0 Å². The number of anilines is 1. The van der Waals surface area contributed by atoms with Crippen molar-refractivity contribution >= 4 is 21.6 Å². The third kappa shape index (κ3) is 5.92. The van der Waals surface area contributed by atoms with Crippen molar-refractivity contribution < 1.29 is 13.2 Å². The second-order valence-electron chi connectivity index (χ2n) is 9.87. The minimum Gasteiger partial charge on any atom is -0.380 e. The van der Waals surface area contributed by atoms with Crippen LogP contribution in [0.5, 0.6) is 0 Å². The number of ether oxygens (including phenoxy) is 1. The number of hydrogen-bond acceptors (Lipinski definition) is 7. The van der Waals surface area contributed by atoms with Crippen molar-refractivity contribution in [3.05, 3.63) is 71.7 Å². The smallest absolute Gasteiger partial charge is 0.263 e. The highest BCUT2D eigenvalue weighted by Gasteiger charge is 2.28. The van der Waals surface area contributed by atoms with Crippen molar-refractivity contribution in [1.29, 1.82) is 5.41 Å². The Bertz CT molecular complexity index is 1330. The largest absolute Gasteiger partial charge is 0.380 e. The molecule has 9 nitrogen and oxygen atoms in total. The lowest BCUT2D eigenvalue weighted by molar-refractivity contribution is 0.118. The molecule has 10 heteroatoms.